The number of hydrogen-bond acceptors (Lipinski definition) is 2. The Balaban J connectivity index is 2.22. The largest absolute Gasteiger partial charge is 0.378 e. The molecule has 0 aliphatic carbocycles. The number of anilines is 1. The predicted molar refractivity (Wildman–Crippen MR) is 81.1 cm³/mol. The molecule has 1 aliphatic rings. The van der Waals surface area contributed by atoms with Crippen molar-refractivity contribution >= 4 is 23.0 Å². The Morgan fingerprint density at radius 2 is 1.89 bits per heavy atom. The van der Waals surface area contributed by atoms with Crippen molar-refractivity contribution in [3.63, 3.8) is 0 Å². The van der Waals surface area contributed by atoms with Crippen LogP contribution in [-0.2, 0) is 0 Å². The van der Waals surface area contributed by atoms with Crippen LogP contribution in [0.5, 0.6) is 0 Å². The van der Waals surface area contributed by atoms with E-state index >= 15 is 0 Å². The number of thiocarbonyl (C=S) groups is 1. The quantitative estimate of drug-likeness (QED) is 0.826. The molecule has 0 saturated carbocycles. The van der Waals surface area contributed by atoms with Crippen molar-refractivity contribution < 1.29 is 0 Å². The summed E-state index contributed by atoms with van der Waals surface area (Å²) in [4.78, 5) is 4.27. The van der Waals surface area contributed by atoms with Crippen LogP contribution in [0.1, 0.15) is 24.9 Å². The highest BCUT2D eigenvalue weighted by atomic mass is 32.1. The molecule has 1 fully saturated rings. The summed E-state index contributed by atoms with van der Waals surface area (Å²) in [6.07, 6.45) is 1.08. The lowest BCUT2D eigenvalue weighted by Crippen LogP contribution is -2.50. The van der Waals surface area contributed by atoms with E-state index in [-0.39, 0.29) is 0 Å². The minimum Gasteiger partial charge on any atom is -0.378 e. The first-order chi connectivity index (χ1) is 8.49. The molecule has 1 heterocycles. The van der Waals surface area contributed by atoms with Crippen molar-refractivity contribution in [3.05, 3.63) is 29.8 Å². The van der Waals surface area contributed by atoms with Gasteiger partial charge in [-0.05, 0) is 43.3 Å². The van der Waals surface area contributed by atoms with Gasteiger partial charge in [-0.3, -0.25) is 0 Å². The third-order valence-corrected chi connectivity index (χ3v) is 3.93. The molecule has 1 aliphatic heterocycles. The maximum atomic E-state index is 5.36. The third-order valence-electron chi connectivity index (χ3n) is 3.53. The number of nitrogens with zero attached hydrogens (tertiary/aromatic N) is 2. The molecule has 98 valence electrons. The zero-order chi connectivity index (χ0) is 13.3. The van der Waals surface area contributed by atoms with E-state index in [0.717, 1.165) is 11.5 Å². The zero-order valence-electron chi connectivity index (χ0n) is 11.5. The van der Waals surface area contributed by atoms with E-state index in [2.05, 4.69) is 67.4 Å². The van der Waals surface area contributed by atoms with E-state index in [1.54, 1.807) is 0 Å². The normalized spacial score (nSPS) is 23.8. The van der Waals surface area contributed by atoms with Gasteiger partial charge in [0.15, 0.2) is 5.11 Å². The highest BCUT2D eigenvalue weighted by Crippen LogP contribution is 2.29. The Kier molecular flexibility index (Phi) is 3.76. The van der Waals surface area contributed by atoms with Crippen LogP contribution in [-0.4, -0.2) is 37.2 Å². The van der Waals surface area contributed by atoms with E-state index in [0.29, 0.717) is 12.1 Å². The van der Waals surface area contributed by atoms with Gasteiger partial charge in [0.05, 0.1) is 6.04 Å². The molecule has 1 saturated heterocycles. The summed E-state index contributed by atoms with van der Waals surface area (Å²) in [6, 6.07) is 9.56. The molecule has 0 radical (unpaired) electrons. The van der Waals surface area contributed by atoms with Crippen LogP contribution in [0.2, 0.25) is 0 Å². The van der Waals surface area contributed by atoms with E-state index in [4.69, 9.17) is 12.2 Å². The topological polar surface area (TPSA) is 18.5 Å². The van der Waals surface area contributed by atoms with Crippen molar-refractivity contribution in [2.75, 3.05) is 26.0 Å². The van der Waals surface area contributed by atoms with Gasteiger partial charge in [0.2, 0.25) is 0 Å². The third kappa shape index (κ3) is 2.58. The van der Waals surface area contributed by atoms with Gasteiger partial charge in [-0.15, -0.1) is 0 Å². The molecular formula is C14H21N3S. The van der Waals surface area contributed by atoms with Crippen LogP contribution in [0.25, 0.3) is 0 Å². The van der Waals surface area contributed by atoms with Crippen LogP contribution in [0, 0.1) is 0 Å². The SMILES string of the molecule is CC1CC(c2ccc(N(C)C)cc2)N(C)C(=S)N1. The Bertz CT molecular complexity index is 427. The number of benzene rings is 1. The lowest BCUT2D eigenvalue weighted by atomic mass is 9.97. The van der Waals surface area contributed by atoms with E-state index in [1.165, 1.54) is 11.3 Å². The number of rotatable bonds is 2. The van der Waals surface area contributed by atoms with Gasteiger partial charge in [-0.1, -0.05) is 12.1 Å². The molecule has 2 atom stereocenters. The van der Waals surface area contributed by atoms with Crippen molar-refractivity contribution in [1.29, 1.82) is 0 Å². The van der Waals surface area contributed by atoms with E-state index in [9.17, 15) is 0 Å². The summed E-state index contributed by atoms with van der Waals surface area (Å²) >= 11 is 5.36. The second-order valence-electron chi connectivity index (χ2n) is 5.20. The minimum atomic E-state index is 0.380. The second-order valence-corrected chi connectivity index (χ2v) is 5.59. The van der Waals surface area contributed by atoms with Crippen LogP contribution in [0.15, 0.2) is 24.3 Å². The monoisotopic (exact) mass is 263 g/mol. The Hall–Kier alpha value is -1.29. The summed E-state index contributed by atoms with van der Waals surface area (Å²) < 4.78 is 0. The van der Waals surface area contributed by atoms with Gasteiger partial charge in [-0.25, -0.2) is 0 Å². The summed E-state index contributed by atoms with van der Waals surface area (Å²) in [7, 11) is 6.18. The first-order valence-corrected chi connectivity index (χ1v) is 6.70. The van der Waals surface area contributed by atoms with Crippen molar-refractivity contribution in [3.8, 4) is 0 Å². The standard InChI is InChI=1S/C14H21N3S/c1-10-9-13(17(4)14(18)15-10)11-5-7-12(8-6-11)16(2)3/h5-8,10,13H,9H2,1-4H3,(H,15,18). The van der Waals surface area contributed by atoms with Crippen molar-refractivity contribution in [2.45, 2.75) is 25.4 Å². The first kappa shape index (κ1) is 13.1. The van der Waals surface area contributed by atoms with Crippen molar-refractivity contribution in [1.82, 2.24) is 10.2 Å². The van der Waals surface area contributed by atoms with Gasteiger partial charge >= 0.3 is 0 Å². The molecule has 3 nitrogen and oxygen atoms in total. The molecule has 1 aromatic carbocycles. The molecule has 2 unspecified atom stereocenters. The maximum Gasteiger partial charge on any atom is 0.169 e. The molecule has 1 N–H and O–H groups in total. The fourth-order valence-corrected chi connectivity index (χ4v) is 2.69. The second kappa shape index (κ2) is 5.14. The van der Waals surface area contributed by atoms with Crippen LogP contribution in [0.4, 0.5) is 5.69 Å². The molecule has 18 heavy (non-hydrogen) atoms. The molecule has 2 rings (SSSR count). The lowest BCUT2D eigenvalue weighted by Gasteiger charge is -2.39. The molecule has 0 bridgehead atoms. The summed E-state index contributed by atoms with van der Waals surface area (Å²) in [5, 5.41) is 4.15. The number of hydrogen-bond donors (Lipinski definition) is 1. The zero-order valence-corrected chi connectivity index (χ0v) is 12.3. The van der Waals surface area contributed by atoms with Gasteiger partial charge in [0, 0.05) is 32.9 Å². The lowest BCUT2D eigenvalue weighted by molar-refractivity contribution is 0.286. The molecule has 0 amide bonds. The molecule has 4 heteroatoms. The first-order valence-electron chi connectivity index (χ1n) is 6.29. The number of nitrogens with one attached hydrogen (secondary N) is 1. The summed E-state index contributed by atoms with van der Waals surface area (Å²) in [6.45, 7) is 2.18. The molecule has 0 spiro atoms. The minimum absolute atomic E-state index is 0.380. The molecule has 1 aromatic rings. The fourth-order valence-electron chi connectivity index (χ4n) is 2.36. The summed E-state index contributed by atoms with van der Waals surface area (Å²) in [5.74, 6) is 0. The average Bonchev–Trinajstić information content (AvgIpc) is 2.34. The Morgan fingerprint density at radius 1 is 1.28 bits per heavy atom. The molecule has 0 aromatic heterocycles. The molecular weight excluding hydrogens is 242 g/mol. The highest BCUT2D eigenvalue weighted by molar-refractivity contribution is 7.80. The Labute approximate surface area is 115 Å². The smallest absolute Gasteiger partial charge is 0.169 e. The van der Waals surface area contributed by atoms with Gasteiger partial charge in [0.1, 0.15) is 0 Å². The van der Waals surface area contributed by atoms with Crippen LogP contribution in [0.3, 0.4) is 0 Å². The average molecular weight is 263 g/mol. The highest BCUT2D eigenvalue weighted by Gasteiger charge is 2.27. The van der Waals surface area contributed by atoms with E-state index < -0.39 is 0 Å². The van der Waals surface area contributed by atoms with Gasteiger partial charge in [0.25, 0.3) is 0 Å². The maximum absolute atomic E-state index is 5.36. The van der Waals surface area contributed by atoms with E-state index in [1.807, 2.05) is 0 Å². The predicted octanol–water partition coefficient (Wildman–Crippen LogP) is 2.39. The van der Waals surface area contributed by atoms with Gasteiger partial charge < -0.3 is 15.1 Å². The summed E-state index contributed by atoms with van der Waals surface area (Å²) in [5.41, 5.74) is 2.56. The Morgan fingerprint density at radius 3 is 2.44 bits per heavy atom. The van der Waals surface area contributed by atoms with Crippen LogP contribution >= 0.6 is 12.2 Å². The van der Waals surface area contributed by atoms with Crippen LogP contribution < -0.4 is 10.2 Å². The fraction of sp³-hybridized carbons (Fsp3) is 0.500. The van der Waals surface area contributed by atoms with Gasteiger partial charge in [-0.2, -0.15) is 0 Å². The van der Waals surface area contributed by atoms with Crippen molar-refractivity contribution in [2.24, 2.45) is 0 Å².